The maximum absolute atomic E-state index is 10.7. The Morgan fingerprint density at radius 2 is 1.89 bits per heavy atom. The van der Waals surface area contributed by atoms with Crippen molar-refractivity contribution in [2.75, 3.05) is 20.2 Å². The fourth-order valence-corrected chi connectivity index (χ4v) is 7.39. The first-order valence-corrected chi connectivity index (χ1v) is 11.1. The maximum Gasteiger partial charge on any atom is 0.0505 e. The minimum atomic E-state index is 0.0547. The van der Waals surface area contributed by atoms with Gasteiger partial charge in [0.25, 0.3) is 0 Å². The summed E-state index contributed by atoms with van der Waals surface area (Å²) >= 11 is 0. The maximum atomic E-state index is 10.7. The first kappa shape index (κ1) is 19.4. The molecular formula is C24H38N2O. The topological polar surface area (TPSA) is 44.3 Å². The molecule has 0 saturated heterocycles. The smallest absolute Gasteiger partial charge is 0.0505 e. The zero-order valence-corrected chi connectivity index (χ0v) is 17.4. The molecule has 1 aromatic carbocycles. The number of aryl methyl sites for hydroxylation is 1. The quantitative estimate of drug-likeness (QED) is 0.712. The number of hydrogen-bond acceptors (Lipinski definition) is 3. The van der Waals surface area contributed by atoms with Gasteiger partial charge in [-0.3, -0.25) is 0 Å². The van der Waals surface area contributed by atoms with Gasteiger partial charge in [0.15, 0.2) is 0 Å². The molecule has 3 saturated carbocycles. The summed E-state index contributed by atoms with van der Waals surface area (Å²) in [4.78, 5) is 0. The standard InChI is InChI=1S/C24H38N2O/c1-17-4-6-19(7-5-17)14-26-15-23(16-27)10-8-21-12-20-13-22(25-3)9-11-24(21,23)18(20)2/h4-7,18,20-22,25-27H,8-16H2,1-3H3. The van der Waals surface area contributed by atoms with Crippen LogP contribution in [-0.4, -0.2) is 31.3 Å². The second-order valence-corrected chi connectivity index (χ2v) is 9.85. The lowest BCUT2D eigenvalue weighted by Crippen LogP contribution is -2.51. The Labute approximate surface area is 165 Å². The first-order chi connectivity index (χ1) is 13.0. The number of nitrogens with one attached hydrogen (secondary N) is 2. The van der Waals surface area contributed by atoms with Gasteiger partial charge in [-0.2, -0.15) is 0 Å². The predicted molar refractivity (Wildman–Crippen MR) is 112 cm³/mol. The highest BCUT2D eigenvalue weighted by Gasteiger charge is 2.66. The van der Waals surface area contributed by atoms with Crippen LogP contribution in [0.2, 0.25) is 0 Å². The van der Waals surface area contributed by atoms with Crippen molar-refractivity contribution in [1.82, 2.24) is 10.6 Å². The van der Waals surface area contributed by atoms with Gasteiger partial charge in [-0.05, 0) is 81.2 Å². The Kier molecular flexibility index (Phi) is 5.39. The van der Waals surface area contributed by atoms with Gasteiger partial charge in [0.2, 0.25) is 0 Å². The number of aliphatic hydroxyl groups excluding tert-OH is 1. The third-order valence-electron chi connectivity index (χ3n) is 8.91. The van der Waals surface area contributed by atoms with Gasteiger partial charge in [0.1, 0.15) is 0 Å². The fraction of sp³-hybridized carbons (Fsp3) is 0.750. The average molecular weight is 371 g/mol. The van der Waals surface area contributed by atoms with Crippen LogP contribution in [0.4, 0.5) is 0 Å². The van der Waals surface area contributed by atoms with Gasteiger partial charge >= 0.3 is 0 Å². The lowest BCUT2D eigenvalue weighted by molar-refractivity contribution is -0.0430. The summed E-state index contributed by atoms with van der Waals surface area (Å²) in [5.41, 5.74) is 3.04. The largest absolute Gasteiger partial charge is 0.396 e. The predicted octanol–water partition coefficient (Wildman–Crippen LogP) is 3.89. The molecule has 2 bridgehead atoms. The van der Waals surface area contributed by atoms with Crippen LogP contribution in [0.15, 0.2) is 24.3 Å². The highest BCUT2D eigenvalue weighted by Crippen LogP contribution is 2.71. The van der Waals surface area contributed by atoms with Crippen LogP contribution in [0.1, 0.15) is 56.6 Å². The summed E-state index contributed by atoms with van der Waals surface area (Å²) in [7, 11) is 2.13. The third kappa shape index (κ3) is 3.07. The second kappa shape index (κ2) is 7.50. The second-order valence-electron chi connectivity index (χ2n) is 9.85. The lowest BCUT2D eigenvalue weighted by atomic mass is 9.57. The van der Waals surface area contributed by atoms with Crippen LogP contribution >= 0.6 is 0 Å². The minimum absolute atomic E-state index is 0.0547. The molecule has 3 aliphatic rings. The van der Waals surface area contributed by atoms with Crippen molar-refractivity contribution in [2.45, 2.75) is 65.0 Å². The zero-order chi connectivity index (χ0) is 19.1. The van der Waals surface area contributed by atoms with E-state index in [9.17, 15) is 5.11 Å². The van der Waals surface area contributed by atoms with E-state index in [1.807, 2.05) is 0 Å². The Hall–Kier alpha value is -0.900. The van der Waals surface area contributed by atoms with E-state index in [0.717, 1.165) is 30.8 Å². The van der Waals surface area contributed by atoms with Crippen molar-refractivity contribution < 1.29 is 5.11 Å². The number of aliphatic hydroxyl groups is 1. The summed E-state index contributed by atoms with van der Waals surface area (Å²) in [6, 6.07) is 9.49. The van der Waals surface area contributed by atoms with E-state index in [2.05, 4.69) is 55.8 Å². The van der Waals surface area contributed by atoms with Crippen LogP contribution in [0.25, 0.3) is 0 Å². The number of benzene rings is 1. The number of hydrogen-bond donors (Lipinski definition) is 3. The van der Waals surface area contributed by atoms with Crippen molar-refractivity contribution in [1.29, 1.82) is 0 Å². The Morgan fingerprint density at radius 3 is 2.59 bits per heavy atom. The van der Waals surface area contributed by atoms with E-state index < -0.39 is 0 Å². The third-order valence-corrected chi connectivity index (χ3v) is 8.91. The molecule has 4 rings (SSSR count). The highest BCUT2D eigenvalue weighted by molar-refractivity contribution is 5.21. The number of fused-ring (bicyclic) bond motifs is 1. The summed E-state index contributed by atoms with van der Waals surface area (Å²) in [5.74, 6) is 2.39. The van der Waals surface area contributed by atoms with Crippen molar-refractivity contribution >= 4 is 0 Å². The van der Waals surface area contributed by atoms with Crippen LogP contribution < -0.4 is 10.6 Å². The van der Waals surface area contributed by atoms with E-state index >= 15 is 0 Å². The monoisotopic (exact) mass is 370 g/mol. The van der Waals surface area contributed by atoms with E-state index in [1.165, 1.54) is 49.7 Å². The molecule has 0 aliphatic heterocycles. The van der Waals surface area contributed by atoms with Crippen LogP contribution in [-0.2, 0) is 6.54 Å². The minimum Gasteiger partial charge on any atom is -0.396 e. The van der Waals surface area contributed by atoms with Crippen LogP contribution in [0, 0.1) is 35.5 Å². The van der Waals surface area contributed by atoms with Crippen LogP contribution in [0.3, 0.4) is 0 Å². The first-order valence-electron chi connectivity index (χ1n) is 11.1. The SMILES string of the molecule is CNC1CCC23C(CCC2(CO)CNCc2ccc(C)cc2)CC(C1)C3C. The molecule has 1 aromatic rings. The van der Waals surface area contributed by atoms with Gasteiger partial charge in [0, 0.05) is 24.5 Å². The van der Waals surface area contributed by atoms with Gasteiger partial charge in [-0.15, -0.1) is 0 Å². The fourth-order valence-electron chi connectivity index (χ4n) is 7.39. The lowest BCUT2D eigenvalue weighted by Gasteiger charge is -2.49. The molecule has 0 heterocycles. The van der Waals surface area contributed by atoms with Crippen LogP contribution in [0.5, 0.6) is 0 Å². The van der Waals surface area contributed by atoms with Gasteiger partial charge in [-0.1, -0.05) is 36.8 Å². The summed E-state index contributed by atoms with van der Waals surface area (Å²) < 4.78 is 0. The summed E-state index contributed by atoms with van der Waals surface area (Å²) in [6.45, 7) is 6.84. The van der Waals surface area contributed by atoms with E-state index in [-0.39, 0.29) is 5.41 Å². The Morgan fingerprint density at radius 1 is 1.11 bits per heavy atom. The summed E-state index contributed by atoms with van der Waals surface area (Å²) in [6.07, 6.45) is 7.78. The molecule has 6 unspecified atom stereocenters. The molecular weight excluding hydrogens is 332 g/mol. The average Bonchev–Trinajstić information content (AvgIpc) is 3.05. The molecule has 1 spiro atoms. The van der Waals surface area contributed by atoms with Gasteiger partial charge in [0.05, 0.1) is 6.61 Å². The van der Waals surface area contributed by atoms with Crippen molar-refractivity contribution in [3.63, 3.8) is 0 Å². The number of rotatable bonds is 6. The Balaban J connectivity index is 1.53. The van der Waals surface area contributed by atoms with E-state index in [4.69, 9.17) is 0 Å². The van der Waals surface area contributed by atoms with E-state index in [0.29, 0.717) is 18.1 Å². The van der Waals surface area contributed by atoms with E-state index in [1.54, 1.807) is 0 Å². The normalized spacial score (nSPS) is 40.7. The molecule has 3 fully saturated rings. The van der Waals surface area contributed by atoms with Crippen molar-refractivity contribution in [3.05, 3.63) is 35.4 Å². The van der Waals surface area contributed by atoms with Crippen molar-refractivity contribution in [3.8, 4) is 0 Å². The van der Waals surface area contributed by atoms with Gasteiger partial charge < -0.3 is 15.7 Å². The molecule has 0 aromatic heterocycles. The highest BCUT2D eigenvalue weighted by atomic mass is 16.3. The molecule has 27 heavy (non-hydrogen) atoms. The van der Waals surface area contributed by atoms with Crippen molar-refractivity contribution in [2.24, 2.45) is 28.6 Å². The van der Waals surface area contributed by atoms with Gasteiger partial charge in [-0.25, -0.2) is 0 Å². The zero-order valence-electron chi connectivity index (χ0n) is 17.4. The molecule has 3 N–H and O–H groups in total. The molecule has 3 nitrogen and oxygen atoms in total. The molecule has 150 valence electrons. The Bertz CT molecular complexity index is 644. The molecule has 3 aliphatic carbocycles. The summed E-state index contributed by atoms with van der Waals surface area (Å²) in [5, 5.41) is 18.0. The molecule has 3 heteroatoms. The molecule has 6 atom stereocenters. The molecule has 0 amide bonds. The molecule has 0 radical (unpaired) electrons.